The van der Waals surface area contributed by atoms with Crippen LogP contribution in [0.25, 0.3) is 0 Å². The molecule has 0 aliphatic rings. The lowest BCUT2D eigenvalue weighted by Crippen LogP contribution is -1.90. The number of alkyl halides is 2. The second-order valence-electron chi connectivity index (χ2n) is 2.18. The Balaban J connectivity index is 3.14. The summed E-state index contributed by atoms with van der Waals surface area (Å²) in [6.45, 7) is 0. The molecule has 0 N–H and O–H groups in total. The van der Waals surface area contributed by atoms with Crippen molar-refractivity contribution in [1.29, 1.82) is 0 Å². The number of hydrogen-bond acceptors (Lipinski definition) is 0. The highest BCUT2D eigenvalue weighted by Crippen LogP contribution is 2.22. The predicted octanol–water partition coefficient (Wildman–Crippen LogP) is 2.74. The minimum absolute atomic E-state index is 0.261. The molecular formula is C9H5F3. The van der Waals surface area contributed by atoms with E-state index in [4.69, 9.17) is 6.42 Å². The molecule has 1 aromatic rings. The van der Waals surface area contributed by atoms with Gasteiger partial charge in [0.05, 0.1) is 5.56 Å². The molecule has 0 bridgehead atoms. The van der Waals surface area contributed by atoms with Crippen molar-refractivity contribution in [2.24, 2.45) is 0 Å². The second kappa shape index (κ2) is 3.31. The summed E-state index contributed by atoms with van der Waals surface area (Å²) in [5, 5.41) is 0. The third-order valence-electron chi connectivity index (χ3n) is 1.40. The SMILES string of the molecule is C#Cc1ccc(C(F)F)c(F)c1. The Morgan fingerprint density at radius 2 is 2.00 bits per heavy atom. The van der Waals surface area contributed by atoms with Crippen LogP contribution in [0.3, 0.4) is 0 Å². The van der Waals surface area contributed by atoms with E-state index in [2.05, 4.69) is 5.92 Å². The molecule has 0 amide bonds. The molecule has 0 heterocycles. The summed E-state index contributed by atoms with van der Waals surface area (Å²) >= 11 is 0. The van der Waals surface area contributed by atoms with E-state index < -0.39 is 17.8 Å². The van der Waals surface area contributed by atoms with Gasteiger partial charge in [-0.25, -0.2) is 13.2 Å². The molecule has 12 heavy (non-hydrogen) atoms. The molecule has 0 saturated heterocycles. The van der Waals surface area contributed by atoms with E-state index in [1.165, 1.54) is 6.07 Å². The monoisotopic (exact) mass is 170 g/mol. The van der Waals surface area contributed by atoms with Crippen molar-refractivity contribution in [2.45, 2.75) is 6.43 Å². The number of benzene rings is 1. The Morgan fingerprint density at radius 1 is 1.33 bits per heavy atom. The van der Waals surface area contributed by atoms with Gasteiger partial charge in [-0.15, -0.1) is 6.42 Å². The van der Waals surface area contributed by atoms with Gasteiger partial charge in [0.15, 0.2) is 0 Å². The maximum Gasteiger partial charge on any atom is 0.266 e. The van der Waals surface area contributed by atoms with Crippen molar-refractivity contribution in [3.8, 4) is 12.3 Å². The summed E-state index contributed by atoms with van der Waals surface area (Å²) in [5.74, 6) is 1.19. The minimum Gasteiger partial charge on any atom is -0.206 e. The number of rotatable bonds is 1. The van der Waals surface area contributed by atoms with Crippen molar-refractivity contribution in [3.63, 3.8) is 0 Å². The summed E-state index contributed by atoms with van der Waals surface area (Å²) < 4.78 is 36.7. The molecule has 1 rings (SSSR count). The standard InChI is InChI=1S/C9H5F3/c1-2-6-3-4-7(9(11)12)8(10)5-6/h1,3-5,9H. The van der Waals surface area contributed by atoms with Crippen LogP contribution in [0.2, 0.25) is 0 Å². The van der Waals surface area contributed by atoms with Gasteiger partial charge in [0, 0.05) is 5.56 Å². The van der Waals surface area contributed by atoms with Crippen LogP contribution in [0.1, 0.15) is 17.6 Å². The van der Waals surface area contributed by atoms with Gasteiger partial charge in [-0.2, -0.15) is 0 Å². The smallest absolute Gasteiger partial charge is 0.206 e. The molecule has 1 aromatic carbocycles. The lowest BCUT2D eigenvalue weighted by Gasteiger charge is -2.00. The highest BCUT2D eigenvalue weighted by atomic mass is 19.3. The molecular weight excluding hydrogens is 165 g/mol. The van der Waals surface area contributed by atoms with Gasteiger partial charge in [0.2, 0.25) is 0 Å². The van der Waals surface area contributed by atoms with Crippen molar-refractivity contribution in [1.82, 2.24) is 0 Å². The quantitative estimate of drug-likeness (QED) is 0.568. The molecule has 3 heteroatoms. The van der Waals surface area contributed by atoms with Gasteiger partial charge in [-0.1, -0.05) is 5.92 Å². The van der Waals surface area contributed by atoms with Gasteiger partial charge in [-0.05, 0) is 18.2 Å². The lowest BCUT2D eigenvalue weighted by molar-refractivity contribution is 0.146. The van der Waals surface area contributed by atoms with E-state index in [-0.39, 0.29) is 5.56 Å². The van der Waals surface area contributed by atoms with Crippen molar-refractivity contribution in [2.75, 3.05) is 0 Å². The Hall–Kier alpha value is -1.43. The first-order valence-electron chi connectivity index (χ1n) is 3.19. The van der Waals surface area contributed by atoms with E-state index in [1.807, 2.05) is 0 Å². The van der Waals surface area contributed by atoms with Crippen LogP contribution >= 0.6 is 0 Å². The molecule has 0 aromatic heterocycles. The van der Waals surface area contributed by atoms with Gasteiger partial charge in [0.1, 0.15) is 5.82 Å². The van der Waals surface area contributed by atoms with Crippen LogP contribution in [-0.4, -0.2) is 0 Å². The molecule has 0 spiro atoms. The summed E-state index contributed by atoms with van der Waals surface area (Å²) in [4.78, 5) is 0. The zero-order valence-electron chi connectivity index (χ0n) is 6.02. The van der Waals surface area contributed by atoms with Crippen molar-refractivity contribution >= 4 is 0 Å². The summed E-state index contributed by atoms with van der Waals surface area (Å²) in [6.07, 6.45) is 2.15. The van der Waals surface area contributed by atoms with E-state index >= 15 is 0 Å². The van der Waals surface area contributed by atoms with Gasteiger partial charge < -0.3 is 0 Å². The summed E-state index contributed by atoms with van der Waals surface area (Å²) in [6, 6.07) is 3.20. The van der Waals surface area contributed by atoms with E-state index in [0.29, 0.717) is 0 Å². The molecule has 0 atom stereocenters. The van der Waals surface area contributed by atoms with E-state index in [0.717, 1.165) is 12.1 Å². The van der Waals surface area contributed by atoms with Gasteiger partial charge in [-0.3, -0.25) is 0 Å². The Morgan fingerprint density at radius 3 is 2.42 bits per heavy atom. The Kier molecular flexibility index (Phi) is 2.39. The first kappa shape index (κ1) is 8.66. The average Bonchev–Trinajstić information content (AvgIpc) is 2.03. The molecule has 0 aliphatic carbocycles. The minimum atomic E-state index is -2.79. The van der Waals surface area contributed by atoms with Crippen molar-refractivity contribution in [3.05, 3.63) is 35.1 Å². The third-order valence-corrected chi connectivity index (χ3v) is 1.40. The maximum absolute atomic E-state index is 12.7. The van der Waals surface area contributed by atoms with Crippen LogP contribution in [0.15, 0.2) is 18.2 Å². The molecule has 0 unspecified atom stereocenters. The van der Waals surface area contributed by atoms with Crippen LogP contribution in [0, 0.1) is 18.2 Å². The first-order valence-corrected chi connectivity index (χ1v) is 3.19. The number of hydrogen-bond donors (Lipinski definition) is 0. The summed E-state index contributed by atoms with van der Waals surface area (Å²) in [5.41, 5.74) is -0.356. The number of halogens is 3. The fraction of sp³-hybridized carbons (Fsp3) is 0.111. The molecule has 0 nitrogen and oxygen atoms in total. The summed E-state index contributed by atoms with van der Waals surface area (Å²) in [7, 11) is 0. The van der Waals surface area contributed by atoms with Crippen LogP contribution in [-0.2, 0) is 0 Å². The normalized spacial score (nSPS) is 9.92. The molecule has 62 valence electrons. The largest absolute Gasteiger partial charge is 0.266 e. The van der Waals surface area contributed by atoms with Crippen molar-refractivity contribution < 1.29 is 13.2 Å². The predicted molar refractivity (Wildman–Crippen MR) is 39.3 cm³/mol. The van der Waals surface area contributed by atoms with Gasteiger partial charge >= 0.3 is 0 Å². The molecule has 0 aliphatic heterocycles. The molecule has 0 radical (unpaired) electrons. The van der Waals surface area contributed by atoms with Gasteiger partial charge in [0.25, 0.3) is 6.43 Å². The lowest BCUT2D eigenvalue weighted by atomic mass is 10.1. The second-order valence-corrected chi connectivity index (χ2v) is 2.18. The topological polar surface area (TPSA) is 0 Å². The number of terminal acetylenes is 1. The third kappa shape index (κ3) is 1.59. The molecule has 0 saturated carbocycles. The van der Waals surface area contributed by atoms with Crippen LogP contribution in [0.5, 0.6) is 0 Å². The zero-order valence-corrected chi connectivity index (χ0v) is 6.02. The first-order chi connectivity index (χ1) is 5.65. The Labute approximate surface area is 68.0 Å². The van der Waals surface area contributed by atoms with Crippen LogP contribution in [0.4, 0.5) is 13.2 Å². The zero-order chi connectivity index (χ0) is 9.14. The molecule has 0 fully saturated rings. The highest BCUT2D eigenvalue weighted by molar-refractivity contribution is 5.35. The highest BCUT2D eigenvalue weighted by Gasteiger charge is 2.12. The average molecular weight is 170 g/mol. The van der Waals surface area contributed by atoms with E-state index in [9.17, 15) is 13.2 Å². The van der Waals surface area contributed by atoms with Crippen LogP contribution < -0.4 is 0 Å². The van der Waals surface area contributed by atoms with E-state index in [1.54, 1.807) is 0 Å². The fourth-order valence-corrected chi connectivity index (χ4v) is 0.794. The maximum atomic E-state index is 12.7. The Bertz CT molecular complexity index is 323. The fourth-order valence-electron chi connectivity index (χ4n) is 0.794.